The Morgan fingerprint density at radius 1 is 1.07 bits per heavy atom. The number of likely N-dealkylation sites (tertiary alicyclic amines) is 1. The summed E-state index contributed by atoms with van der Waals surface area (Å²) in [6, 6.07) is 10.7. The number of benzene rings is 2. The predicted molar refractivity (Wildman–Crippen MR) is 161 cm³/mol. The van der Waals surface area contributed by atoms with Gasteiger partial charge in [-0.3, -0.25) is 9.69 Å². The Hall–Kier alpha value is -3.63. The minimum atomic E-state index is -0.516. The van der Waals surface area contributed by atoms with Crippen LogP contribution in [0.4, 0.5) is 14.6 Å². The molecular weight excluding hydrogens is 552 g/mol. The lowest BCUT2D eigenvalue weighted by Crippen LogP contribution is -2.42. The summed E-state index contributed by atoms with van der Waals surface area (Å²) >= 11 is 0. The normalized spacial score (nSPS) is 20.5. The van der Waals surface area contributed by atoms with E-state index in [2.05, 4.69) is 19.8 Å². The largest absolute Gasteiger partial charge is 0.451 e. The number of β-amino-alcohol motifs (C(OH)–C–C–N with tert-alkyl or cyclic N) is 1. The molecule has 1 spiro atoms. The average Bonchev–Trinajstić information content (AvgIpc) is 3.53. The molecule has 8 nitrogen and oxygen atoms in total. The van der Waals surface area contributed by atoms with Crippen molar-refractivity contribution in [1.82, 2.24) is 19.8 Å². The first kappa shape index (κ1) is 30.8. The van der Waals surface area contributed by atoms with Crippen LogP contribution < -0.4 is 9.64 Å². The lowest BCUT2D eigenvalue weighted by atomic mass is 9.83. The quantitative estimate of drug-likeness (QED) is 0.341. The molecule has 5 rings (SSSR count). The minimum absolute atomic E-state index is 0.00583. The molecule has 1 amide bonds. The number of carbonyl (C=O) groups is 1. The molecule has 2 aromatic carbocycles. The lowest BCUT2D eigenvalue weighted by Gasteiger charge is -2.31. The van der Waals surface area contributed by atoms with E-state index in [9.17, 15) is 18.7 Å². The maximum Gasteiger partial charge on any atom is 0.258 e. The predicted octanol–water partition coefficient (Wildman–Crippen LogP) is 5.31. The second-order valence-electron chi connectivity index (χ2n) is 12.4. The van der Waals surface area contributed by atoms with E-state index in [0.29, 0.717) is 18.1 Å². The first-order chi connectivity index (χ1) is 20.6. The first-order valence-electron chi connectivity index (χ1n) is 15.0. The molecule has 0 bridgehead atoms. The number of hydrogen-bond acceptors (Lipinski definition) is 7. The molecule has 0 saturated carbocycles. The Morgan fingerprint density at radius 3 is 2.49 bits per heavy atom. The van der Waals surface area contributed by atoms with Crippen LogP contribution in [-0.2, 0) is 6.42 Å². The number of halogens is 2. The number of nitrogens with zero attached hydrogens (tertiary/aromatic N) is 5. The summed E-state index contributed by atoms with van der Waals surface area (Å²) in [4.78, 5) is 28.6. The summed E-state index contributed by atoms with van der Waals surface area (Å²) in [5, 5.41) is 9.77. The van der Waals surface area contributed by atoms with Gasteiger partial charge in [0, 0.05) is 49.7 Å². The highest BCUT2D eigenvalue weighted by Crippen LogP contribution is 2.46. The summed E-state index contributed by atoms with van der Waals surface area (Å²) in [5.41, 5.74) is 1.22. The summed E-state index contributed by atoms with van der Waals surface area (Å²) < 4.78 is 34.2. The standard InChI is InChI=1S/C33H41F2N5O3/c1-22(2)40(23(3)4)32(42)28-16-26(35)9-10-29(28)43-30-18-36-21-37-31(30)39-12-11-33(20-39)17-27(38(19-33)13-14-41)15-24-5-7-25(34)8-6-24/h5-10,16,18,21-23,27,41H,11-15,17,19-20H2,1-4H3. The topological polar surface area (TPSA) is 82.0 Å². The van der Waals surface area contributed by atoms with Gasteiger partial charge in [-0.25, -0.2) is 18.7 Å². The van der Waals surface area contributed by atoms with Crippen LogP contribution in [0.25, 0.3) is 0 Å². The van der Waals surface area contributed by atoms with Crippen molar-refractivity contribution in [2.24, 2.45) is 5.41 Å². The van der Waals surface area contributed by atoms with Crippen molar-refractivity contribution in [2.75, 3.05) is 37.7 Å². The molecule has 2 unspecified atom stereocenters. The van der Waals surface area contributed by atoms with E-state index in [1.165, 1.54) is 36.7 Å². The van der Waals surface area contributed by atoms with Gasteiger partial charge in [-0.1, -0.05) is 12.1 Å². The molecule has 2 aliphatic rings. The molecule has 2 aliphatic heterocycles. The van der Waals surface area contributed by atoms with Gasteiger partial charge in [0.25, 0.3) is 5.91 Å². The van der Waals surface area contributed by atoms with Crippen molar-refractivity contribution in [3.63, 3.8) is 0 Å². The number of aliphatic hydroxyl groups excluding tert-OH is 1. The number of amides is 1. The molecule has 2 saturated heterocycles. The number of aromatic nitrogens is 2. The van der Waals surface area contributed by atoms with Crippen molar-refractivity contribution in [2.45, 2.75) is 65.1 Å². The van der Waals surface area contributed by atoms with Gasteiger partial charge in [0.1, 0.15) is 23.7 Å². The second kappa shape index (κ2) is 12.9. The van der Waals surface area contributed by atoms with Gasteiger partial charge in [-0.2, -0.15) is 0 Å². The number of anilines is 1. The summed E-state index contributed by atoms with van der Waals surface area (Å²) in [5.74, 6) is 0.196. The van der Waals surface area contributed by atoms with Gasteiger partial charge in [-0.05, 0) is 82.9 Å². The highest BCUT2D eigenvalue weighted by molar-refractivity contribution is 5.97. The summed E-state index contributed by atoms with van der Waals surface area (Å²) in [6.07, 6.45) is 5.73. The molecule has 10 heteroatoms. The van der Waals surface area contributed by atoms with Gasteiger partial charge >= 0.3 is 0 Å². The zero-order valence-corrected chi connectivity index (χ0v) is 25.3. The SMILES string of the molecule is CC(C)N(C(=O)c1cc(F)ccc1Oc1cncnc1N1CCC2(CC(Cc3ccc(F)cc3)N(CCO)C2)C1)C(C)C. The Kier molecular flexibility index (Phi) is 9.27. The smallest absolute Gasteiger partial charge is 0.258 e. The van der Waals surface area contributed by atoms with E-state index in [4.69, 9.17) is 4.74 Å². The van der Waals surface area contributed by atoms with E-state index in [0.717, 1.165) is 44.5 Å². The van der Waals surface area contributed by atoms with Crippen molar-refractivity contribution < 1.29 is 23.4 Å². The van der Waals surface area contributed by atoms with E-state index in [1.54, 1.807) is 11.1 Å². The molecule has 1 N–H and O–H groups in total. The van der Waals surface area contributed by atoms with Crippen molar-refractivity contribution in [1.29, 1.82) is 0 Å². The Balaban J connectivity index is 1.37. The van der Waals surface area contributed by atoms with Crippen LogP contribution in [0.2, 0.25) is 0 Å². The van der Waals surface area contributed by atoms with Crippen LogP contribution in [0, 0.1) is 17.0 Å². The van der Waals surface area contributed by atoms with Crippen LogP contribution in [0.15, 0.2) is 55.0 Å². The number of hydrogen-bond donors (Lipinski definition) is 1. The molecule has 2 fully saturated rings. The molecule has 3 heterocycles. The van der Waals surface area contributed by atoms with Crippen LogP contribution in [0.5, 0.6) is 11.5 Å². The van der Waals surface area contributed by atoms with Crippen LogP contribution in [0.1, 0.15) is 56.5 Å². The zero-order chi connectivity index (χ0) is 30.7. The second-order valence-corrected chi connectivity index (χ2v) is 12.4. The van der Waals surface area contributed by atoms with Gasteiger partial charge < -0.3 is 19.6 Å². The third-order valence-corrected chi connectivity index (χ3v) is 8.63. The highest BCUT2D eigenvalue weighted by atomic mass is 19.1. The van der Waals surface area contributed by atoms with Gasteiger partial charge in [0.15, 0.2) is 11.6 Å². The van der Waals surface area contributed by atoms with Crippen LogP contribution in [0.3, 0.4) is 0 Å². The van der Waals surface area contributed by atoms with Crippen LogP contribution in [-0.4, -0.2) is 81.7 Å². The maximum absolute atomic E-state index is 14.4. The molecule has 0 aliphatic carbocycles. The molecule has 43 heavy (non-hydrogen) atoms. The highest BCUT2D eigenvalue weighted by Gasteiger charge is 2.48. The average molecular weight is 594 g/mol. The van der Waals surface area contributed by atoms with Gasteiger partial charge in [0.2, 0.25) is 0 Å². The zero-order valence-electron chi connectivity index (χ0n) is 25.3. The molecule has 0 radical (unpaired) electrons. The van der Waals surface area contributed by atoms with E-state index in [-0.39, 0.29) is 53.2 Å². The Morgan fingerprint density at radius 2 is 1.79 bits per heavy atom. The van der Waals surface area contributed by atoms with E-state index < -0.39 is 5.82 Å². The van der Waals surface area contributed by atoms with E-state index >= 15 is 0 Å². The van der Waals surface area contributed by atoms with Crippen LogP contribution >= 0.6 is 0 Å². The van der Waals surface area contributed by atoms with Crippen molar-refractivity contribution in [3.05, 3.63) is 77.8 Å². The van der Waals surface area contributed by atoms with Gasteiger partial charge in [0.05, 0.1) is 18.4 Å². The van der Waals surface area contributed by atoms with Crippen molar-refractivity contribution in [3.8, 4) is 11.5 Å². The van der Waals surface area contributed by atoms with E-state index in [1.807, 2.05) is 39.8 Å². The fraction of sp³-hybridized carbons (Fsp3) is 0.485. The first-order valence-corrected chi connectivity index (χ1v) is 15.0. The van der Waals surface area contributed by atoms with Gasteiger partial charge in [-0.15, -0.1) is 0 Å². The number of ether oxygens (including phenoxy) is 1. The molecule has 1 aromatic heterocycles. The third kappa shape index (κ3) is 6.80. The summed E-state index contributed by atoms with van der Waals surface area (Å²) in [6.45, 7) is 10.7. The Labute approximate surface area is 252 Å². The molecule has 3 aromatic rings. The number of carbonyl (C=O) groups excluding carboxylic acids is 1. The molecule has 230 valence electrons. The summed E-state index contributed by atoms with van der Waals surface area (Å²) in [7, 11) is 0. The number of aliphatic hydroxyl groups is 1. The minimum Gasteiger partial charge on any atom is -0.451 e. The monoisotopic (exact) mass is 593 g/mol. The fourth-order valence-corrected chi connectivity index (χ4v) is 6.85. The number of rotatable bonds is 10. The van der Waals surface area contributed by atoms with Crippen molar-refractivity contribution >= 4 is 11.7 Å². The fourth-order valence-electron chi connectivity index (χ4n) is 6.85. The molecule has 2 atom stereocenters. The Bertz CT molecular complexity index is 1410. The maximum atomic E-state index is 14.4. The third-order valence-electron chi connectivity index (χ3n) is 8.63. The molecular formula is C33H41F2N5O3. The lowest BCUT2D eigenvalue weighted by molar-refractivity contribution is 0.0640.